The number of aryl methyl sites for hydroxylation is 1. The van der Waals surface area contributed by atoms with Crippen molar-refractivity contribution >= 4 is 62.6 Å². The SMILES string of the molecule is Cc1nnc(NC(=O)c2cc3c(c4c2OC(C)(C)C4)NC(Nc2c(Cl)cccc2Cl)N3)s1. The monoisotopic (exact) mass is 490 g/mol. The van der Waals surface area contributed by atoms with Gasteiger partial charge in [-0.1, -0.05) is 40.6 Å². The molecule has 11 heteroatoms. The smallest absolute Gasteiger partial charge is 0.261 e. The number of nitrogens with zero attached hydrogens (tertiary/aromatic N) is 2. The number of amides is 1. The number of hydrogen-bond acceptors (Lipinski definition) is 8. The minimum atomic E-state index is -0.439. The van der Waals surface area contributed by atoms with Gasteiger partial charge in [0.25, 0.3) is 5.91 Å². The fourth-order valence-corrected chi connectivity index (χ4v) is 4.98. The Labute approximate surface area is 198 Å². The fourth-order valence-electron chi connectivity index (χ4n) is 3.89. The minimum absolute atomic E-state index is 0.301. The Morgan fingerprint density at radius 1 is 1.25 bits per heavy atom. The molecule has 0 bridgehead atoms. The molecule has 2 aliphatic heterocycles. The van der Waals surface area contributed by atoms with E-state index in [1.165, 1.54) is 11.3 Å². The van der Waals surface area contributed by atoms with E-state index in [4.69, 9.17) is 27.9 Å². The highest BCUT2D eigenvalue weighted by Gasteiger charge is 2.39. The summed E-state index contributed by atoms with van der Waals surface area (Å²) in [6, 6.07) is 7.10. The van der Waals surface area contributed by atoms with Crippen LogP contribution in [0.25, 0.3) is 0 Å². The van der Waals surface area contributed by atoms with Crippen molar-refractivity contribution < 1.29 is 9.53 Å². The number of fused-ring (bicyclic) bond motifs is 3. The van der Waals surface area contributed by atoms with E-state index in [-0.39, 0.29) is 12.2 Å². The molecule has 0 aliphatic carbocycles. The summed E-state index contributed by atoms with van der Waals surface area (Å²) in [6.45, 7) is 5.83. The van der Waals surface area contributed by atoms with Crippen LogP contribution in [0.5, 0.6) is 5.75 Å². The molecular formula is C21H20Cl2N6O2S. The lowest BCUT2D eigenvalue weighted by atomic mass is 9.97. The molecule has 8 nitrogen and oxygen atoms in total. The van der Waals surface area contributed by atoms with Crippen molar-refractivity contribution in [3.8, 4) is 5.75 Å². The van der Waals surface area contributed by atoms with Crippen molar-refractivity contribution in [3.63, 3.8) is 0 Å². The van der Waals surface area contributed by atoms with Crippen LogP contribution in [0.3, 0.4) is 0 Å². The zero-order chi connectivity index (χ0) is 22.6. The van der Waals surface area contributed by atoms with Gasteiger partial charge in [-0.15, -0.1) is 10.2 Å². The number of nitrogens with one attached hydrogen (secondary N) is 4. The van der Waals surface area contributed by atoms with Crippen molar-refractivity contribution in [1.82, 2.24) is 10.2 Å². The van der Waals surface area contributed by atoms with Crippen LogP contribution < -0.4 is 26.0 Å². The molecule has 1 unspecified atom stereocenters. The highest BCUT2D eigenvalue weighted by Crippen LogP contribution is 2.48. The van der Waals surface area contributed by atoms with Gasteiger partial charge in [-0.25, -0.2) is 0 Å². The number of carbonyl (C=O) groups is 1. The van der Waals surface area contributed by atoms with Crippen LogP contribution in [-0.4, -0.2) is 28.0 Å². The number of halogens is 2. The maximum absolute atomic E-state index is 13.1. The molecule has 166 valence electrons. The molecule has 5 rings (SSSR count). The van der Waals surface area contributed by atoms with Crippen LogP contribution in [0.4, 0.5) is 22.2 Å². The first kappa shape index (κ1) is 21.1. The largest absolute Gasteiger partial charge is 0.486 e. The topological polar surface area (TPSA) is 100 Å². The predicted octanol–water partition coefficient (Wildman–Crippen LogP) is 5.35. The van der Waals surface area contributed by atoms with E-state index in [0.29, 0.717) is 38.6 Å². The Morgan fingerprint density at radius 3 is 2.69 bits per heavy atom. The summed E-state index contributed by atoms with van der Waals surface area (Å²) in [5.74, 6) is 0.267. The fraction of sp³-hybridized carbons (Fsp3) is 0.286. The van der Waals surface area contributed by atoms with Crippen LogP contribution >= 0.6 is 34.5 Å². The highest BCUT2D eigenvalue weighted by molar-refractivity contribution is 7.15. The van der Waals surface area contributed by atoms with Crippen LogP contribution in [0, 0.1) is 6.92 Å². The van der Waals surface area contributed by atoms with Gasteiger partial charge in [-0.05, 0) is 39.0 Å². The van der Waals surface area contributed by atoms with Gasteiger partial charge < -0.3 is 20.7 Å². The van der Waals surface area contributed by atoms with Crippen LogP contribution in [0.15, 0.2) is 24.3 Å². The van der Waals surface area contributed by atoms with E-state index in [1.54, 1.807) is 24.3 Å². The molecule has 0 spiro atoms. The third-order valence-corrected chi connectivity index (χ3v) is 6.57. The number of para-hydroxylation sites is 1. The quantitative estimate of drug-likeness (QED) is 0.390. The van der Waals surface area contributed by atoms with Crippen molar-refractivity contribution in [2.75, 3.05) is 21.3 Å². The Balaban J connectivity index is 1.47. The number of anilines is 4. The molecule has 1 atom stereocenters. The van der Waals surface area contributed by atoms with E-state index in [1.807, 2.05) is 20.8 Å². The molecule has 4 N–H and O–H groups in total. The predicted molar refractivity (Wildman–Crippen MR) is 129 cm³/mol. The highest BCUT2D eigenvalue weighted by atomic mass is 35.5. The zero-order valence-corrected chi connectivity index (χ0v) is 19.8. The molecular weight excluding hydrogens is 471 g/mol. The number of rotatable bonds is 4. The Bertz CT molecular complexity index is 1230. The van der Waals surface area contributed by atoms with Crippen molar-refractivity contribution in [2.45, 2.75) is 39.1 Å². The summed E-state index contributed by atoms with van der Waals surface area (Å²) in [4.78, 5) is 13.1. The van der Waals surface area contributed by atoms with Crippen LogP contribution in [0.2, 0.25) is 10.0 Å². The molecule has 0 fully saturated rings. The molecule has 2 aromatic carbocycles. The van der Waals surface area contributed by atoms with Gasteiger partial charge in [0.1, 0.15) is 16.4 Å². The second-order valence-corrected chi connectivity index (χ2v) is 10.2. The molecule has 0 radical (unpaired) electrons. The molecule has 2 aliphatic rings. The Kier molecular flexibility index (Phi) is 5.07. The van der Waals surface area contributed by atoms with Gasteiger partial charge in [0.15, 0.2) is 6.29 Å². The van der Waals surface area contributed by atoms with Crippen LogP contribution in [0.1, 0.15) is 34.8 Å². The third-order valence-electron chi connectivity index (χ3n) is 5.19. The second-order valence-electron chi connectivity index (χ2n) is 8.24. The number of ether oxygens (including phenoxy) is 1. The molecule has 0 saturated carbocycles. The zero-order valence-electron chi connectivity index (χ0n) is 17.5. The summed E-state index contributed by atoms with van der Waals surface area (Å²) in [5.41, 5.74) is 3.21. The van der Waals surface area contributed by atoms with Crippen molar-refractivity contribution in [1.29, 1.82) is 0 Å². The summed E-state index contributed by atoms with van der Waals surface area (Å²) < 4.78 is 6.18. The maximum atomic E-state index is 13.1. The van der Waals surface area contributed by atoms with E-state index in [0.717, 1.165) is 21.9 Å². The molecule has 0 saturated heterocycles. The summed E-state index contributed by atoms with van der Waals surface area (Å²) in [6.07, 6.45) is 0.275. The number of carbonyl (C=O) groups excluding carboxylic acids is 1. The number of aromatic nitrogens is 2. The standard InChI is InChI=1S/C21H20Cl2N6O2S/c1-9-28-29-20(32-9)27-18(30)10-7-14-15(11-8-21(2,3)31-17(10)11)25-19(24-14)26-16-12(22)5-4-6-13(16)23/h4-7,19,24-26H,8H2,1-3H3,(H,27,29,30). The molecule has 1 amide bonds. The van der Waals surface area contributed by atoms with Gasteiger partial charge >= 0.3 is 0 Å². The average molecular weight is 491 g/mol. The van der Waals surface area contributed by atoms with Gasteiger partial charge in [-0.3, -0.25) is 10.1 Å². The Morgan fingerprint density at radius 2 is 2.00 bits per heavy atom. The summed E-state index contributed by atoms with van der Waals surface area (Å²) in [5, 5.41) is 23.1. The van der Waals surface area contributed by atoms with Gasteiger partial charge in [0.05, 0.1) is 32.7 Å². The van der Waals surface area contributed by atoms with E-state index in [2.05, 4.69) is 31.5 Å². The van der Waals surface area contributed by atoms with Crippen molar-refractivity contribution in [2.24, 2.45) is 0 Å². The minimum Gasteiger partial charge on any atom is -0.486 e. The Hall–Kier alpha value is -2.75. The van der Waals surface area contributed by atoms with Crippen LogP contribution in [-0.2, 0) is 6.42 Å². The lowest BCUT2D eigenvalue weighted by Gasteiger charge is -2.18. The van der Waals surface area contributed by atoms with Gasteiger partial charge in [0.2, 0.25) is 5.13 Å². The normalized spacial score (nSPS) is 17.6. The average Bonchev–Trinajstić information content (AvgIpc) is 3.39. The lowest BCUT2D eigenvalue weighted by Crippen LogP contribution is -2.31. The van der Waals surface area contributed by atoms with Crippen molar-refractivity contribution in [3.05, 3.63) is 50.4 Å². The first-order chi connectivity index (χ1) is 15.2. The summed E-state index contributed by atoms with van der Waals surface area (Å²) in [7, 11) is 0. The lowest BCUT2D eigenvalue weighted by molar-refractivity contribution is 0.101. The molecule has 3 heterocycles. The number of hydrogen-bond donors (Lipinski definition) is 4. The van der Waals surface area contributed by atoms with Gasteiger partial charge in [0, 0.05) is 12.0 Å². The van der Waals surface area contributed by atoms with E-state index >= 15 is 0 Å². The van der Waals surface area contributed by atoms with Gasteiger partial charge in [-0.2, -0.15) is 0 Å². The second kappa shape index (κ2) is 7.68. The molecule has 32 heavy (non-hydrogen) atoms. The molecule has 3 aromatic rings. The molecule has 1 aromatic heterocycles. The first-order valence-corrected chi connectivity index (χ1v) is 11.5. The first-order valence-electron chi connectivity index (χ1n) is 9.94. The third kappa shape index (κ3) is 3.80. The maximum Gasteiger partial charge on any atom is 0.261 e. The summed E-state index contributed by atoms with van der Waals surface area (Å²) >= 11 is 13.9. The van der Waals surface area contributed by atoms with E-state index < -0.39 is 5.60 Å². The van der Waals surface area contributed by atoms with E-state index in [9.17, 15) is 4.79 Å². The number of benzene rings is 2.